The first-order valence-corrected chi connectivity index (χ1v) is 10.5. The Morgan fingerprint density at radius 1 is 1.04 bits per heavy atom. The number of rotatable bonds is 9. The highest BCUT2D eigenvalue weighted by Crippen LogP contribution is 2.49. The molecular weight excluding hydrogens is 352 g/mol. The summed E-state index contributed by atoms with van der Waals surface area (Å²) >= 11 is 0. The van der Waals surface area contributed by atoms with Crippen LogP contribution in [-0.4, -0.2) is 31.1 Å². The fraction of sp³-hybridized carbons (Fsp3) is 0.667. The van der Waals surface area contributed by atoms with Gasteiger partial charge in [0.2, 0.25) is 0 Å². The Kier molecular flexibility index (Phi) is 8.23. The summed E-state index contributed by atoms with van der Waals surface area (Å²) in [5.41, 5.74) is 3.73. The van der Waals surface area contributed by atoms with Gasteiger partial charge in [-0.2, -0.15) is 0 Å². The molecule has 1 heterocycles. The lowest BCUT2D eigenvalue weighted by Gasteiger charge is -2.41. The van der Waals surface area contributed by atoms with Crippen molar-refractivity contribution < 1.29 is 19.1 Å². The number of esters is 1. The number of ketones is 1. The first-order valence-electron chi connectivity index (χ1n) is 10.5. The summed E-state index contributed by atoms with van der Waals surface area (Å²) in [6.07, 6.45) is 12.3. The molecule has 0 radical (unpaired) electrons. The molecule has 2 fully saturated rings. The minimum absolute atomic E-state index is 0.122. The Hall–Kier alpha value is -1.68. The first-order chi connectivity index (χ1) is 13.3. The molecule has 3 atom stereocenters. The van der Waals surface area contributed by atoms with Gasteiger partial charge in [-0.05, 0) is 59.8 Å². The van der Waals surface area contributed by atoms with E-state index in [0.717, 1.165) is 32.1 Å². The van der Waals surface area contributed by atoms with Crippen molar-refractivity contribution in [1.29, 1.82) is 0 Å². The molecule has 0 spiro atoms. The summed E-state index contributed by atoms with van der Waals surface area (Å²) in [6.45, 7) is 8.61. The largest absolute Gasteiger partial charge is 0.461 e. The lowest BCUT2D eigenvalue weighted by atomic mass is 9.66. The predicted molar refractivity (Wildman–Crippen MR) is 112 cm³/mol. The maximum absolute atomic E-state index is 12.0. The van der Waals surface area contributed by atoms with Gasteiger partial charge >= 0.3 is 5.97 Å². The van der Waals surface area contributed by atoms with Crippen LogP contribution in [0.5, 0.6) is 0 Å². The van der Waals surface area contributed by atoms with Crippen LogP contribution in [-0.2, 0) is 19.1 Å². The van der Waals surface area contributed by atoms with Gasteiger partial charge in [-0.25, -0.2) is 0 Å². The number of allylic oxidation sites excluding steroid dienone is 6. The topological polar surface area (TPSA) is 52.6 Å². The second-order valence-corrected chi connectivity index (χ2v) is 8.72. The van der Waals surface area contributed by atoms with Gasteiger partial charge in [0.15, 0.2) is 0 Å². The second kappa shape index (κ2) is 10.2. The summed E-state index contributed by atoms with van der Waals surface area (Å²) in [6, 6.07) is 0. The number of carbonyl (C=O) groups excluding carboxylic acids is 2. The van der Waals surface area contributed by atoms with Crippen LogP contribution in [0.4, 0.5) is 0 Å². The van der Waals surface area contributed by atoms with Crippen molar-refractivity contribution in [3.63, 3.8) is 0 Å². The van der Waals surface area contributed by atoms with Gasteiger partial charge in [0, 0.05) is 25.4 Å². The molecule has 4 heteroatoms. The first kappa shape index (κ1) is 22.6. The van der Waals surface area contributed by atoms with E-state index >= 15 is 0 Å². The molecule has 28 heavy (non-hydrogen) atoms. The summed E-state index contributed by atoms with van der Waals surface area (Å²) in [5, 5.41) is 0. The number of Topliss-reactive ketones (excluding diaryl/α,β-unsaturated/α-hetero) is 1. The molecule has 1 saturated carbocycles. The Bertz CT molecular complexity index is 666. The number of carbonyl (C=O) groups is 2. The maximum Gasteiger partial charge on any atom is 0.306 e. The van der Waals surface area contributed by atoms with Crippen molar-refractivity contribution in [2.24, 2.45) is 5.41 Å². The van der Waals surface area contributed by atoms with Crippen LogP contribution in [0.1, 0.15) is 79.1 Å². The van der Waals surface area contributed by atoms with E-state index in [1.165, 1.54) is 16.7 Å². The summed E-state index contributed by atoms with van der Waals surface area (Å²) in [5.74, 6) is -0.0840. The molecule has 0 amide bonds. The molecule has 1 aliphatic heterocycles. The van der Waals surface area contributed by atoms with Crippen molar-refractivity contribution in [3.05, 3.63) is 34.9 Å². The molecule has 4 nitrogen and oxygen atoms in total. The minimum Gasteiger partial charge on any atom is -0.461 e. The minimum atomic E-state index is -0.392. The van der Waals surface area contributed by atoms with Crippen molar-refractivity contribution >= 4 is 11.8 Å². The van der Waals surface area contributed by atoms with E-state index < -0.39 is 5.41 Å². The number of hydrogen-bond donors (Lipinski definition) is 0. The Labute approximate surface area is 170 Å². The average molecular weight is 389 g/mol. The van der Waals surface area contributed by atoms with Crippen LogP contribution in [0.25, 0.3) is 0 Å². The van der Waals surface area contributed by atoms with Gasteiger partial charge in [0.05, 0.1) is 12.5 Å². The van der Waals surface area contributed by atoms with E-state index in [1.54, 1.807) is 7.11 Å². The molecule has 2 aliphatic rings. The van der Waals surface area contributed by atoms with Gasteiger partial charge in [0.1, 0.15) is 11.9 Å². The van der Waals surface area contributed by atoms with E-state index in [0.29, 0.717) is 19.3 Å². The second-order valence-electron chi connectivity index (χ2n) is 8.72. The third-order valence-corrected chi connectivity index (χ3v) is 6.09. The van der Waals surface area contributed by atoms with Crippen LogP contribution in [0.2, 0.25) is 0 Å². The number of fused-ring (bicyclic) bond motifs is 1. The maximum atomic E-state index is 12.0. The number of hydrogen-bond acceptors (Lipinski definition) is 4. The molecule has 0 aromatic rings. The fourth-order valence-electron chi connectivity index (χ4n) is 4.32. The molecule has 0 bridgehead atoms. The van der Waals surface area contributed by atoms with Gasteiger partial charge in [-0.3, -0.25) is 9.59 Å². The van der Waals surface area contributed by atoms with Gasteiger partial charge in [-0.1, -0.05) is 34.9 Å². The molecule has 156 valence electrons. The van der Waals surface area contributed by atoms with Crippen LogP contribution in [0.15, 0.2) is 34.9 Å². The molecule has 1 saturated heterocycles. The molecule has 0 aromatic heterocycles. The summed E-state index contributed by atoms with van der Waals surface area (Å²) in [7, 11) is 1.63. The van der Waals surface area contributed by atoms with E-state index in [1.807, 2.05) is 0 Å². The third-order valence-electron chi connectivity index (χ3n) is 6.09. The summed E-state index contributed by atoms with van der Waals surface area (Å²) < 4.78 is 11.1. The highest BCUT2D eigenvalue weighted by molar-refractivity contribution is 5.83. The van der Waals surface area contributed by atoms with Gasteiger partial charge in [-0.15, -0.1) is 0 Å². The molecule has 1 aliphatic carbocycles. The predicted octanol–water partition coefficient (Wildman–Crippen LogP) is 5.48. The van der Waals surface area contributed by atoms with Crippen molar-refractivity contribution in [3.8, 4) is 0 Å². The van der Waals surface area contributed by atoms with Gasteiger partial charge < -0.3 is 9.47 Å². The van der Waals surface area contributed by atoms with Crippen molar-refractivity contribution in [2.75, 3.05) is 7.11 Å². The lowest BCUT2D eigenvalue weighted by molar-refractivity contribution is -0.148. The standard InChI is InChI=1S/C24H36O4/c1-17(2)8-6-9-18(3)10-7-11-19(4)12-13-24-16-23(26)28-22(24)15-20(25)14-21(24)27-5/h8,10,12,21-22H,6-7,9,11,13-16H2,1-5H3. The normalized spacial score (nSPS) is 28.2. The monoisotopic (exact) mass is 388 g/mol. The Morgan fingerprint density at radius 2 is 1.68 bits per heavy atom. The molecular formula is C24H36O4. The van der Waals surface area contributed by atoms with Crippen LogP contribution in [0.3, 0.4) is 0 Å². The lowest BCUT2D eigenvalue weighted by Crippen LogP contribution is -2.49. The third kappa shape index (κ3) is 5.91. The highest BCUT2D eigenvalue weighted by Gasteiger charge is 2.57. The van der Waals surface area contributed by atoms with Crippen molar-refractivity contribution in [2.45, 2.75) is 91.3 Å². The molecule has 0 aromatic carbocycles. The van der Waals surface area contributed by atoms with E-state index in [-0.39, 0.29) is 24.0 Å². The smallest absolute Gasteiger partial charge is 0.306 e. The zero-order valence-electron chi connectivity index (χ0n) is 18.2. The van der Waals surface area contributed by atoms with E-state index in [2.05, 4.69) is 45.9 Å². The zero-order valence-corrected chi connectivity index (χ0v) is 18.2. The number of ether oxygens (including phenoxy) is 2. The zero-order chi connectivity index (χ0) is 20.7. The SMILES string of the molecule is COC1CC(=O)CC2OC(=O)CC12CC=C(C)CCC=C(C)CCC=C(C)C. The number of methoxy groups -OCH3 is 1. The Balaban J connectivity index is 1.94. The van der Waals surface area contributed by atoms with Crippen molar-refractivity contribution in [1.82, 2.24) is 0 Å². The quantitative estimate of drug-likeness (QED) is 0.388. The molecule has 3 unspecified atom stereocenters. The average Bonchev–Trinajstić information content (AvgIpc) is 2.94. The van der Waals surface area contributed by atoms with Crippen LogP contribution in [0, 0.1) is 5.41 Å². The van der Waals surface area contributed by atoms with E-state index in [4.69, 9.17) is 9.47 Å². The van der Waals surface area contributed by atoms with E-state index in [9.17, 15) is 9.59 Å². The highest BCUT2D eigenvalue weighted by atomic mass is 16.6. The van der Waals surface area contributed by atoms with Gasteiger partial charge in [0.25, 0.3) is 0 Å². The molecule has 0 N–H and O–H groups in total. The summed E-state index contributed by atoms with van der Waals surface area (Å²) in [4.78, 5) is 24.0. The Morgan fingerprint density at radius 3 is 2.32 bits per heavy atom. The molecule has 2 rings (SSSR count). The van der Waals surface area contributed by atoms with Crippen LogP contribution < -0.4 is 0 Å². The van der Waals surface area contributed by atoms with Crippen LogP contribution >= 0.6 is 0 Å². The fourth-order valence-corrected chi connectivity index (χ4v) is 4.32.